The highest BCUT2D eigenvalue weighted by Gasteiger charge is 2.30. The molecule has 0 saturated heterocycles. The number of hydrogen-bond donors (Lipinski definition) is 2. The average molecular weight is 293 g/mol. The molecule has 0 radical (unpaired) electrons. The Morgan fingerprint density at radius 3 is 2.86 bits per heavy atom. The van der Waals surface area contributed by atoms with E-state index in [1.165, 1.54) is 32.1 Å². The molecule has 4 nitrogen and oxygen atoms in total. The van der Waals surface area contributed by atoms with E-state index in [9.17, 15) is 5.11 Å². The first kappa shape index (κ1) is 16.5. The van der Waals surface area contributed by atoms with Gasteiger partial charge in [0.2, 0.25) is 0 Å². The number of hydrogen-bond acceptors (Lipinski definition) is 3. The third-order valence-corrected chi connectivity index (χ3v) is 4.81. The summed E-state index contributed by atoms with van der Waals surface area (Å²) >= 11 is 0. The molecule has 120 valence electrons. The second-order valence-electron chi connectivity index (χ2n) is 7.33. The molecule has 1 aromatic heterocycles. The van der Waals surface area contributed by atoms with E-state index >= 15 is 0 Å². The minimum absolute atomic E-state index is 0.562. The first-order valence-electron chi connectivity index (χ1n) is 8.33. The fourth-order valence-electron chi connectivity index (χ4n) is 3.33. The van der Waals surface area contributed by atoms with Crippen molar-refractivity contribution in [2.45, 2.75) is 64.5 Å². The number of nitrogens with one attached hydrogen (secondary N) is 1. The predicted molar refractivity (Wildman–Crippen MR) is 86.0 cm³/mol. The van der Waals surface area contributed by atoms with E-state index in [0.717, 1.165) is 17.4 Å². The Morgan fingerprint density at radius 2 is 2.24 bits per heavy atom. The fourth-order valence-corrected chi connectivity index (χ4v) is 3.33. The van der Waals surface area contributed by atoms with Gasteiger partial charge >= 0.3 is 0 Å². The second-order valence-corrected chi connectivity index (χ2v) is 7.33. The van der Waals surface area contributed by atoms with Crippen molar-refractivity contribution in [2.75, 3.05) is 6.54 Å². The molecule has 1 heterocycles. The van der Waals surface area contributed by atoms with Crippen LogP contribution in [-0.4, -0.2) is 27.5 Å². The predicted octanol–water partition coefficient (Wildman–Crippen LogP) is 2.82. The molecular weight excluding hydrogens is 262 g/mol. The monoisotopic (exact) mass is 293 g/mol. The summed E-state index contributed by atoms with van der Waals surface area (Å²) in [5.41, 5.74) is 0.0358. The van der Waals surface area contributed by atoms with Crippen LogP contribution in [0.25, 0.3) is 0 Å². The lowest BCUT2D eigenvalue weighted by molar-refractivity contribution is 0.0519. The summed E-state index contributed by atoms with van der Waals surface area (Å²) in [6, 6.07) is 0.562. The van der Waals surface area contributed by atoms with Gasteiger partial charge in [-0.05, 0) is 38.0 Å². The Balaban J connectivity index is 1.86. The number of aliphatic hydroxyl groups is 1. The van der Waals surface area contributed by atoms with Crippen molar-refractivity contribution in [3.05, 3.63) is 18.0 Å². The van der Waals surface area contributed by atoms with Crippen LogP contribution in [0.5, 0.6) is 0 Å². The van der Waals surface area contributed by atoms with Gasteiger partial charge in [-0.15, -0.1) is 0 Å². The highest BCUT2D eigenvalue weighted by Crippen LogP contribution is 2.31. The van der Waals surface area contributed by atoms with Gasteiger partial charge in [0.15, 0.2) is 0 Å². The van der Waals surface area contributed by atoms with E-state index in [4.69, 9.17) is 0 Å². The van der Waals surface area contributed by atoms with E-state index in [0.29, 0.717) is 12.6 Å². The van der Waals surface area contributed by atoms with Crippen LogP contribution in [0.1, 0.15) is 58.4 Å². The Morgan fingerprint density at radius 1 is 1.48 bits per heavy atom. The van der Waals surface area contributed by atoms with Gasteiger partial charge < -0.3 is 10.4 Å². The third kappa shape index (κ3) is 4.55. The van der Waals surface area contributed by atoms with Crippen molar-refractivity contribution in [3.63, 3.8) is 0 Å². The zero-order chi connectivity index (χ0) is 15.5. The normalized spacial score (nSPS) is 25.4. The Labute approximate surface area is 128 Å². The maximum atomic E-state index is 10.6. The van der Waals surface area contributed by atoms with Crippen molar-refractivity contribution < 1.29 is 5.11 Å². The summed E-state index contributed by atoms with van der Waals surface area (Å²) in [5, 5.41) is 18.4. The van der Waals surface area contributed by atoms with E-state index in [1.54, 1.807) is 10.9 Å². The molecule has 4 heteroatoms. The summed E-state index contributed by atoms with van der Waals surface area (Å²) < 4.78 is 1.74. The van der Waals surface area contributed by atoms with Gasteiger partial charge in [-0.3, -0.25) is 4.68 Å². The molecule has 0 aromatic carbocycles. The molecule has 2 rings (SSSR count). The number of aromatic nitrogens is 2. The Kier molecular flexibility index (Phi) is 5.44. The molecule has 21 heavy (non-hydrogen) atoms. The largest absolute Gasteiger partial charge is 0.384 e. The molecule has 3 unspecified atom stereocenters. The average Bonchev–Trinajstić information content (AvgIpc) is 3.03. The highest BCUT2D eigenvalue weighted by molar-refractivity contribution is 5.14. The number of rotatable bonds is 7. The van der Waals surface area contributed by atoms with Gasteiger partial charge in [0, 0.05) is 31.4 Å². The molecule has 1 aliphatic rings. The maximum Gasteiger partial charge on any atom is 0.102 e. The fraction of sp³-hybridized carbons (Fsp3) is 0.824. The van der Waals surface area contributed by atoms with E-state index in [2.05, 4.69) is 24.3 Å². The molecule has 0 aliphatic heterocycles. The standard InChI is InChI=1S/C17H31N3O/c1-13(2)8-9-14-6-5-7-16(14)18-12-17(3,21)15-10-19-20(4)11-15/h10-11,13-14,16,18,21H,5-9,12H2,1-4H3. The zero-order valence-electron chi connectivity index (χ0n) is 14.0. The van der Waals surface area contributed by atoms with Gasteiger partial charge in [-0.1, -0.05) is 26.7 Å². The van der Waals surface area contributed by atoms with Gasteiger partial charge in [0.1, 0.15) is 5.60 Å². The van der Waals surface area contributed by atoms with Crippen LogP contribution < -0.4 is 5.32 Å². The van der Waals surface area contributed by atoms with E-state index in [-0.39, 0.29) is 0 Å². The number of nitrogens with zero attached hydrogens (tertiary/aromatic N) is 2. The topological polar surface area (TPSA) is 50.1 Å². The highest BCUT2D eigenvalue weighted by atomic mass is 16.3. The summed E-state index contributed by atoms with van der Waals surface area (Å²) in [6.07, 6.45) is 10.2. The van der Waals surface area contributed by atoms with Crippen LogP contribution in [0.4, 0.5) is 0 Å². The maximum absolute atomic E-state index is 10.6. The molecule has 0 bridgehead atoms. The second kappa shape index (κ2) is 6.93. The number of aryl methyl sites for hydroxylation is 1. The minimum Gasteiger partial charge on any atom is -0.384 e. The first-order chi connectivity index (χ1) is 9.88. The molecule has 1 saturated carbocycles. The molecular formula is C17H31N3O. The first-order valence-corrected chi connectivity index (χ1v) is 8.33. The molecule has 1 fully saturated rings. The van der Waals surface area contributed by atoms with Crippen LogP contribution in [0.15, 0.2) is 12.4 Å². The molecule has 0 amide bonds. The van der Waals surface area contributed by atoms with Gasteiger partial charge in [0.25, 0.3) is 0 Å². The summed E-state index contributed by atoms with van der Waals surface area (Å²) in [5.74, 6) is 1.56. The summed E-state index contributed by atoms with van der Waals surface area (Å²) in [6.45, 7) is 7.06. The molecule has 1 aromatic rings. The van der Waals surface area contributed by atoms with Crippen molar-refractivity contribution in [1.82, 2.24) is 15.1 Å². The molecule has 1 aliphatic carbocycles. The lowest BCUT2D eigenvalue weighted by atomic mass is 9.92. The third-order valence-electron chi connectivity index (χ3n) is 4.81. The van der Waals surface area contributed by atoms with Gasteiger partial charge in [-0.2, -0.15) is 5.10 Å². The Hall–Kier alpha value is -0.870. The van der Waals surface area contributed by atoms with E-state index < -0.39 is 5.60 Å². The zero-order valence-corrected chi connectivity index (χ0v) is 14.0. The van der Waals surface area contributed by atoms with Crippen molar-refractivity contribution in [1.29, 1.82) is 0 Å². The lowest BCUT2D eigenvalue weighted by Gasteiger charge is -2.28. The van der Waals surface area contributed by atoms with Crippen molar-refractivity contribution in [2.24, 2.45) is 18.9 Å². The van der Waals surface area contributed by atoms with E-state index in [1.807, 2.05) is 20.2 Å². The van der Waals surface area contributed by atoms with Crippen LogP contribution in [0, 0.1) is 11.8 Å². The van der Waals surface area contributed by atoms with Gasteiger partial charge in [0.05, 0.1) is 6.20 Å². The van der Waals surface area contributed by atoms with Crippen LogP contribution in [0.3, 0.4) is 0 Å². The quantitative estimate of drug-likeness (QED) is 0.813. The van der Waals surface area contributed by atoms with Crippen LogP contribution >= 0.6 is 0 Å². The molecule has 3 atom stereocenters. The van der Waals surface area contributed by atoms with Crippen molar-refractivity contribution >= 4 is 0 Å². The summed E-state index contributed by atoms with van der Waals surface area (Å²) in [4.78, 5) is 0. The lowest BCUT2D eigenvalue weighted by Crippen LogP contribution is -2.42. The van der Waals surface area contributed by atoms with Crippen LogP contribution in [0.2, 0.25) is 0 Å². The SMILES string of the molecule is CC(C)CCC1CCCC1NCC(C)(O)c1cnn(C)c1. The van der Waals surface area contributed by atoms with Gasteiger partial charge in [-0.25, -0.2) is 0 Å². The molecule has 2 N–H and O–H groups in total. The van der Waals surface area contributed by atoms with Crippen molar-refractivity contribution in [3.8, 4) is 0 Å². The minimum atomic E-state index is -0.848. The Bertz CT molecular complexity index is 439. The smallest absolute Gasteiger partial charge is 0.102 e. The van der Waals surface area contributed by atoms with Crippen LogP contribution in [-0.2, 0) is 12.6 Å². The summed E-state index contributed by atoms with van der Waals surface area (Å²) in [7, 11) is 1.88. The molecule has 0 spiro atoms.